The summed E-state index contributed by atoms with van der Waals surface area (Å²) in [6.45, 7) is 5.21. The van der Waals surface area contributed by atoms with Crippen LogP contribution in [-0.2, 0) is 4.74 Å². The summed E-state index contributed by atoms with van der Waals surface area (Å²) in [6, 6.07) is 3.51. The van der Waals surface area contributed by atoms with Crippen molar-refractivity contribution in [1.82, 2.24) is 9.88 Å². The van der Waals surface area contributed by atoms with Gasteiger partial charge in [-0.2, -0.15) is 0 Å². The highest BCUT2D eigenvalue weighted by Crippen LogP contribution is 2.20. The quantitative estimate of drug-likeness (QED) is 0.855. The normalized spacial score (nSPS) is 25.9. The van der Waals surface area contributed by atoms with E-state index in [0.29, 0.717) is 24.0 Å². The number of carbonyl (C=O) groups excluding carboxylic acids is 1. The minimum absolute atomic E-state index is 0.0536. The number of piperidine rings is 1. The molecule has 0 spiro atoms. The van der Waals surface area contributed by atoms with E-state index >= 15 is 0 Å². The van der Waals surface area contributed by atoms with Gasteiger partial charge in [0, 0.05) is 37.3 Å². The summed E-state index contributed by atoms with van der Waals surface area (Å²) in [5.41, 5.74) is 0.660. The smallest absolute Gasteiger partial charge is 0.254 e. The largest absolute Gasteiger partial charge is 0.472 e. The second kappa shape index (κ2) is 6.43. The number of likely N-dealkylation sites (tertiary alicyclic amines) is 1. The Morgan fingerprint density at radius 3 is 3.14 bits per heavy atom. The third-order valence-corrected chi connectivity index (χ3v) is 4.10. The lowest BCUT2D eigenvalue weighted by atomic mass is 10.00. The molecule has 0 N–H and O–H groups in total. The van der Waals surface area contributed by atoms with Crippen molar-refractivity contribution in [1.29, 1.82) is 0 Å². The SMILES string of the molecule is CC1CCCN(C(=O)c2ccnc(OC3CCOC3)c2)C1. The molecular formula is C16H22N2O3. The Morgan fingerprint density at radius 1 is 1.48 bits per heavy atom. The van der Waals surface area contributed by atoms with Crippen LogP contribution in [0.25, 0.3) is 0 Å². The van der Waals surface area contributed by atoms with E-state index in [2.05, 4.69) is 11.9 Å². The van der Waals surface area contributed by atoms with Crippen molar-refractivity contribution in [3.8, 4) is 5.88 Å². The van der Waals surface area contributed by atoms with Gasteiger partial charge in [-0.1, -0.05) is 6.92 Å². The maximum Gasteiger partial charge on any atom is 0.254 e. The molecule has 1 amide bonds. The van der Waals surface area contributed by atoms with E-state index in [0.717, 1.165) is 32.5 Å². The van der Waals surface area contributed by atoms with Crippen molar-refractivity contribution in [2.75, 3.05) is 26.3 Å². The van der Waals surface area contributed by atoms with E-state index in [1.54, 1.807) is 18.3 Å². The molecule has 0 aliphatic carbocycles. The number of amides is 1. The van der Waals surface area contributed by atoms with Gasteiger partial charge in [-0.25, -0.2) is 4.98 Å². The second-order valence-electron chi connectivity index (χ2n) is 5.98. The van der Waals surface area contributed by atoms with Gasteiger partial charge < -0.3 is 14.4 Å². The number of carbonyl (C=O) groups is 1. The van der Waals surface area contributed by atoms with Crippen LogP contribution in [0.5, 0.6) is 5.88 Å². The zero-order valence-electron chi connectivity index (χ0n) is 12.5. The Morgan fingerprint density at radius 2 is 2.38 bits per heavy atom. The average molecular weight is 290 g/mol. The van der Waals surface area contributed by atoms with Gasteiger partial charge in [0.15, 0.2) is 0 Å². The van der Waals surface area contributed by atoms with E-state index in [1.807, 2.05) is 4.90 Å². The molecule has 3 rings (SSSR count). The van der Waals surface area contributed by atoms with Gasteiger partial charge >= 0.3 is 0 Å². The molecule has 0 radical (unpaired) electrons. The topological polar surface area (TPSA) is 51.7 Å². The third kappa shape index (κ3) is 3.53. The molecule has 2 aliphatic heterocycles. The van der Waals surface area contributed by atoms with Crippen LogP contribution in [0, 0.1) is 5.92 Å². The van der Waals surface area contributed by atoms with Crippen LogP contribution in [0.15, 0.2) is 18.3 Å². The molecule has 2 saturated heterocycles. The number of rotatable bonds is 3. The second-order valence-corrected chi connectivity index (χ2v) is 5.98. The highest BCUT2D eigenvalue weighted by atomic mass is 16.5. The zero-order valence-corrected chi connectivity index (χ0v) is 12.5. The van der Waals surface area contributed by atoms with Crippen molar-refractivity contribution >= 4 is 5.91 Å². The van der Waals surface area contributed by atoms with E-state index in [-0.39, 0.29) is 12.0 Å². The molecule has 5 heteroatoms. The molecule has 2 aliphatic rings. The first-order valence-corrected chi connectivity index (χ1v) is 7.72. The zero-order chi connectivity index (χ0) is 14.7. The first kappa shape index (κ1) is 14.3. The van der Waals surface area contributed by atoms with Crippen LogP contribution < -0.4 is 4.74 Å². The number of ether oxygens (including phenoxy) is 2. The van der Waals surface area contributed by atoms with E-state index in [9.17, 15) is 4.79 Å². The number of pyridine rings is 1. The molecule has 2 atom stereocenters. The van der Waals surface area contributed by atoms with Crippen molar-refractivity contribution in [3.63, 3.8) is 0 Å². The molecule has 3 heterocycles. The van der Waals surface area contributed by atoms with E-state index in [1.165, 1.54) is 6.42 Å². The van der Waals surface area contributed by atoms with Crippen LogP contribution >= 0.6 is 0 Å². The van der Waals surface area contributed by atoms with E-state index in [4.69, 9.17) is 9.47 Å². The maximum atomic E-state index is 12.6. The van der Waals surface area contributed by atoms with Crippen LogP contribution in [0.1, 0.15) is 36.5 Å². The average Bonchev–Trinajstić information content (AvgIpc) is 3.00. The van der Waals surface area contributed by atoms with Gasteiger partial charge in [0.25, 0.3) is 5.91 Å². The number of hydrogen-bond acceptors (Lipinski definition) is 4. The highest BCUT2D eigenvalue weighted by molar-refractivity contribution is 5.94. The Bertz CT molecular complexity index is 500. The minimum Gasteiger partial charge on any atom is -0.472 e. The fraction of sp³-hybridized carbons (Fsp3) is 0.625. The summed E-state index contributed by atoms with van der Waals surface area (Å²) < 4.78 is 11.1. The first-order valence-electron chi connectivity index (χ1n) is 7.72. The monoisotopic (exact) mass is 290 g/mol. The molecule has 114 valence electrons. The van der Waals surface area contributed by atoms with Gasteiger partial charge in [0.2, 0.25) is 5.88 Å². The Hall–Kier alpha value is -1.62. The summed E-state index contributed by atoms with van der Waals surface area (Å²) in [5.74, 6) is 1.17. The Kier molecular flexibility index (Phi) is 4.39. The fourth-order valence-corrected chi connectivity index (χ4v) is 2.94. The molecule has 0 saturated carbocycles. The van der Waals surface area contributed by atoms with Crippen LogP contribution in [0.3, 0.4) is 0 Å². The lowest BCUT2D eigenvalue weighted by Crippen LogP contribution is -2.39. The number of nitrogens with zero attached hydrogens (tertiary/aromatic N) is 2. The lowest BCUT2D eigenvalue weighted by molar-refractivity contribution is 0.0682. The summed E-state index contributed by atoms with van der Waals surface area (Å²) in [7, 11) is 0. The molecule has 2 unspecified atom stereocenters. The fourth-order valence-electron chi connectivity index (χ4n) is 2.94. The van der Waals surface area contributed by atoms with Crippen molar-refractivity contribution in [2.24, 2.45) is 5.92 Å². The Labute approximate surface area is 125 Å². The Balaban J connectivity index is 1.68. The van der Waals surface area contributed by atoms with Gasteiger partial charge in [0.1, 0.15) is 6.10 Å². The maximum absolute atomic E-state index is 12.6. The van der Waals surface area contributed by atoms with Crippen LogP contribution in [-0.4, -0.2) is 48.2 Å². The molecular weight excluding hydrogens is 268 g/mol. The van der Waals surface area contributed by atoms with Gasteiger partial charge in [-0.3, -0.25) is 4.79 Å². The molecule has 2 fully saturated rings. The van der Waals surface area contributed by atoms with Gasteiger partial charge in [-0.05, 0) is 24.8 Å². The molecule has 0 bridgehead atoms. The highest BCUT2D eigenvalue weighted by Gasteiger charge is 2.23. The van der Waals surface area contributed by atoms with Crippen LogP contribution in [0.4, 0.5) is 0 Å². The molecule has 21 heavy (non-hydrogen) atoms. The summed E-state index contributed by atoms with van der Waals surface area (Å²) in [6.07, 6.45) is 4.87. The molecule has 5 nitrogen and oxygen atoms in total. The number of hydrogen-bond donors (Lipinski definition) is 0. The summed E-state index contributed by atoms with van der Waals surface area (Å²) >= 11 is 0. The summed E-state index contributed by atoms with van der Waals surface area (Å²) in [4.78, 5) is 18.7. The van der Waals surface area contributed by atoms with Gasteiger partial charge in [-0.15, -0.1) is 0 Å². The van der Waals surface area contributed by atoms with Gasteiger partial charge in [0.05, 0.1) is 13.2 Å². The third-order valence-electron chi connectivity index (χ3n) is 4.10. The standard InChI is InChI=1S/C16H22N2O3/c1-12-3-2-7-18(10-12)16(19)13-4-6-17-15(9-13)21-14-5-8-20-11-14/h4,6,9,12,14H,2-3,5,7-8,10-11H2,1H3. The number of aromatic nitrogens is 1. The predicted octanol–water partition coefficient (Wildman–Crippen LogP) is 2.12. The van der Waals surface area contributed by atoms with Crippen molar-refractivity contribution in [2.45, 2.75) is 32.3 Å². The van der Waals surface area contributed by atoms with Crippen LogP contribution in [0.2, 0.25) is 0 Å². The minimum atomic E-state index is 0.0536. The molecule has 0 aromatic carbocycles. The van der Waals surface area contributed by atoms with Crippen molar-refractivity contribution in [3.05, 3.63) is 23.9 Å². The van der Waals surface area contributed by atoms with Crippen molar-refractivity contribution < 1.29 is 14.3 Å². The molecule has 1 aromatic rings. The first-order chi connectivity index (χ1) is 10.2. The predicted molar refractivity (Wildman–Crippen MR) is 78.4 cm³/mol. The van der Waals surface area contributed by atoms with E-state index < -0.39 is 0 Å². The molecule has 1 aromatic heterocycles. The lowest BCUT2D eigenvalue weighted by Gasteiger charge is -2.31. The summed E-state index contributed by atoms with van der Waals surface area (Å²) in [5, 5.41) is 0.